The van der Waals surface area contributed by atoms with Crippen LogP contribution in [0.25, 0.3) is 0 Å². The largest absolute Gasteiger partial charge is 0.478 e. The molecule has 3 amide bonds. The summed E-state index contributed by atoms with van der Waals surface area (Å²) in [4.78, 5) is 34.1. The molecule has 1 unspecified atom stereocenters. The fourth-order valence-corrected chi connectivity index (χ4v) is 2.45. The number of amides is 3. The van der Waals surface area contributed by atoms with Crippen molar-refractivity contribution in [3.63, 3.8) is 0 Å². The van der Waals surface area contributed by atoms with Gasteiger partial charge in [-0.3, -0.25) is 4.79 Å². The number of aliphatic carboxylic acids is 1. The first kappa shape index (κ1) is 11.8. The quantitative estimate of drug-likeness (QED) is 0.550. The molecule has 1 aliphatic carbocycles. The number of alkyl halides is 1. The standard InChI is InChI=1S/C10H13FN2O4/c11-6(7(14)15)13-8(16)10(12-9(13)17)4-2-1-3-5-10/h6H,1-5H2,(H,12,17)(H,14,15). The molecule has 2 rings (SSSR count). The fraction of sp³-hybridized carbons (Fsp3) is 0.700. The van der Waals surface area contributed by atoms with Crippen LogP contribution in [0.5, 0.6) is 0 Å². The molecule has 1 saturated carbocycles. The predicted molar refractivity (Wildman–Crippen MR) is 53.7 cm³/mol. The van der Waals surface area contributed by atoms with Gasteiger partial charge < -0.3 is 10.4 Å². The smallest absolute Gasteiger partial charge is 0.360 e. The van der Waals surface area contributed by atoms with E-state index in [0.717, 1.165) is 19.3 Å². The molecule has 1 spiro atoms. The second kappa shape index (κ2) is 3.97. The van der Waals surface area contributed by atoms with Crippen LogP contribution in [0.15, 0.2) is 0 Å². The number of nitrogens with one attached hydrogen (secondary N) is 1. The van der Waals surface area contributed by atoms with Gasteiger partial charge in [0.15, 0.2) is 0 Å². The van der Waals surface area contributed by atoms with Crippen LogP contribution in [-0.2, 0) is 9.59 Å². The number of carbonyl (C=O) groups is 3. The van der Waals surface area contributed by atoms with Gasteiger partial charge in [0.1, 0.15) is 5.54 Å². The topological polar surface area (TPSA) is 86.7 Å². The van der Waals surface area contributed by atoms with Crippen molar-refractivity contribution >= 4 is 17.9 Å². The molecule has 0 aromatic heterocycles. The van der Waals surface area contributed by atoms with Crippen molar-refractivity contribution in [2.75, 3.05) is 0 Å². The maximum absolute atomic E-state index is 13.3. The fourth-order valence-electron chi connectivity index (χ4n) is 2.45. The summed E-state index contributed by atoms with van der Waals surface area (Å²) >= 11 is 0. The van der Waals surface area contributed by atoms with Gasteiger partial charge in [0.2, 0.25) is 0 Å². The minimum absolute atomic E-state index is 0.174. The summed E-state index contributed by atoms with van der Waals surface area (Å²) in [6, 6.07) is -0.952. The van der Waals surface area contributed by atoms with E-state index in [9.17, 15) is 18.8 Å². The number of carboxylic acids is 1. The van der Waals surface area contributed by atoms with Crippen molar-refractivity contribution in [3.05, 3.63) is 0 Å². The van der Waals surface area contributed by atoms with E-state index >= 15 is 0 Å². The molecule has 6 nitrogen and oxygen atoms in total. The number of carbonyl (C=O) groups excluding carboxylic acids is 2. The van der Waals surface area contributed by atoms with E-state index in [0.29, 0.717) is 12.8 Å². The molecular formula is C10H13FN2O4. The molecule has 2 aliphatic rings. The lowest BCUT2D eigenvalue weighted by atomic mass is 9.82. The van der Waals surface area contributed by atoms with Crippen molar-refractivity contribution in [1.29, 1.82) is 0 Å². The molecule has 2 fully saturated rings. The molecule has 94 valence electrons. The van der Waals surface area contributed by atoms with Gasteiger partial charge in [-0.15, -0.1) is 0 Å². The van der Waals surface area contributed by atoms with Crippen LogP contribution in [-0.4, -0.2) is 39.7 Å². The Labute approximate surface area is 96.8 Å². The van der Waals surface area contributed by atoms with Gasteiger partial charge in [-0.2, -0.15) is 0 Å². The van der Waals surface area contributed by atoms with E-state index in [4.69, 9.17) is 5.11 Å². The van der Waals surface area contributed by atoms with Gasteiger partial charge in [-0.1, -0.05) is 19.3 Å². The van der Waals surface area contributed by atoms with Crippen LogP contribution in [0.1, 0.15) is 32.1 Å². The third-order valence-electron chi connectivity index (χ3n) is 3.33. The lowest BCUT2D eigenvalue weighted by Gasteiger charge is -2.30. The van der Waals surface area contributed by atoms with E-state index in [1.165, 1.54) is 0 Å². The molecule has 1 saturated heterocycles. The first-order valence-corrected chi connectivity index (χ1v) is 5.51. The maximum Gasteiger partial charge on any atom is 0.360 e. The zero-order chi connectivity index (χ0) is 12.6. The van der Waals surface area contributed by atoms with Gasteiger partial charge in [-0.25, -0.2) is 18.9 Å². The number of urea groups is 1. The lowest BCUT2D eigenvalue weighted by molar-refractivity contribution is -0.154. The number of nitrogens with zero attached hydrogens (tertiary/aromatic N) is 1. The highest BCUT2D eigenvalue weighted by Crippen LogP contribution is 2.34. The van der Waals surface area contributed by atoms with E-state index < -0.39 is 29.7 Å². The molecule has 17 heavy (non-hydrogen) atoms. The van der Waals surface area contributed by atoms with Crippen molar-refractivity contribution in [1.82, 2.24) is 10.2 Å². The first-order valence-electron chi connectivity index (χ1n) is 5.51. The number of halogens is 1. The Morgan fingerprint density at radius 3 is 2.47 bits per heavy atom. The van der Waals surface area contributed by atoms with Crippen molar-refractivity contribution in [2.24, 2.45) is 0 Å². The molecule has 0 radical (unpaired) electrons. The Hall–Kier alpha value is -1.66. The molecule has 0 aromatic carbocycles. The van der Waals surface area contributed by atoms with E-state index in [2.05, 4.69) is 5.32 Å². The maximum atomic E-state index is 13.3. The summed E-state index contributed by atoms with van der Waals surface area (Å²) in [6.45, 7) is 0. The zero-order valence-electron chi connectivity index (χ0n) is 9.11. The Morgan fingerprint density at radius 2 is 1.94 bits per heavy atom. The van der Waals surface area contributed by atoms with Crippen molar-refractivity contribution in [3.8, 4) is 0 Å². The lowest BCUT2D eigenvalue weighted by Crippen LogP contribution is -2.49. The molecule has 1 heterocycles. The van der Waals surface area contributed by atoms with Gasteiger partial charge in [0.25, 0.3) is 12.2 Å². The molecular weight excluding hydrogens is 231 g/mol. The Bertz CT molecular complexity index is 379. The van der Waals surface area contributed by atoms with Gasteiger partial charge in [-0.05, 0) is 12.8 Å². The summed E-state index contributed by atoms with van der Waals surface area (Å²) in [5.41, 5.74) is -1.07. The average molecular weight is 244 g/mol. The summed E-state index contributed by atoms with van der Waals surface area (Å²) in [7, 11) is 0. The number of hydrogen-bond acceptors (Lipinski definition) is 3. The first-order chi connectivity index (χ1) is 7.98. The normalized spacial score (nSPS) is 24.9. The molecule has 1 atom stereocenters. The highest BCUT2D eigenvalue weighted by Gasteiger charge is 2.54. The minimum Gasteiger partial charge on any atom is -0.478 e. The number of carboxylic acid groups (broad SMARTS) is 1. The van der Waals surface area contributed by atoms with Gasteiger partial charge in [0, 0.05) is 0 Å². The van der Waals surface area contributed by atoms with Crippen molar-refractivity contribution < 1.29 is 23.9 Å². The van der Waals surface area contributed by atoms with E-state index in [1.54, 1.807) is 0 Å². The van der Waals surface area contributed by atoms with E-state index in [-0.39, 0.29) is 4.90 Å². The highest BCUT2D eigenvalue weighted by molar-refractivity contribution is 6.09. The second-order valence-electron chi connectivity index (χ2n) is 4.42. The predicted octanol–water partition coefficient (Wildman–Crippen LogP) is 0.621. The summed E-state index contributed by atoms with van der Waals surface area (Å²) in [5.74, 6) is -2.58. The summed E-state index contributed by atoms with van der Waals surface area (Å²) < 4.78 is 13.3. The minimum atomic E-state index is -2.61. The third kappa shape index (κ3) is 1.75. The van der Waals surface area contributed by atoms with Gasteiger partial charge >= 0.3 is 12.0 Å². The van der Waals surface area contributed by atoms with Crippen LogP contribution in [0.4, 0.5) is 9.18 Å². The molecule has 7 heteroatoms. The van der Waals surface area contributed by atoms with Crippen molar-refractivity contribution in [2.45, 2.75) is 43.9 Å². The SMILES string of the molecule is O=C(O)C(F)N1C(=O)NC2(CCCCC2)C1=O. The third-order valence-corrected chi connectivity index (χ3v) is 3.33. The number of hydrogen-bond donors (Lipinski definition) is 2. The Balaban J connectivity index is 2.24. The van der Waals surface area contributed by atoms with E-state index in [1.807, 2.05) is 0 Å². The van der Waals surface area contributed by atoms with Crippen LogP contribution in [0.2, 0.25) is 0 Å². The number of imide groups is 1. The Kier molecular flexibility index (Phi) is 2.76. The molecule has 0 bridgehead atoms. The highest BCUT2D eigenvalue weighted by atomic mass is 19.1. The molecule has 1 aliphatic heterocycles. The van der Waals surface area contributed by atoms with Gasteiger partial charge in [0.05, 0.1) is 0 Å². The van der Waals surface area contributed by atoms with Crippen LogP contribution >= 0.6 is 0 Å². The second-order valence-corrected chi connectivity index (χ2v) is 4.42. The average Bonchev–Trinajstić information content (AvgIpc) is 2.51. The summed E-state index contributed by atoms with van der Waals surface area (Å²) in [5, 5.41) is 11.0. The molecule has 0 aromatic rings. The van der Waals surface area contributed by atoms with Crippen LogP contribution in [0, 0.1) is 0 Å². The molecule has 2 N–H and O–H groups in total. The van der Waals surface area contributed by atoms with Crippen LogP contribution < -0.4 is 5.32 Å². The Morgan fingerprint density at radius 1 is 1.35 bits per heavy atom. The monoisotopic (exact) mass is 244 g/mol. The summed E-state index contributed by atoms with van der Waals surface area (Å²) in [6.07, 6.45) is 0.779. The number of rotatable bonds is 2. The zero-order valence-corrected chi connectivity index (χ0v) is 9.11. The van der Waals surface area contributed by atoms with Crippen LogP contribution in [0.3, 0.4) is 0 Å².